The molecule has 5 heterocycles. The summed E-state index contributed by atoms with van der Waals surface area (Å²) in [5.41, 5.74) is 3.25. The summed E-state index contributed by atoms with van der Waals surface area (Å²) in [4.78, 5) is 60.7. The molecule has 0 saturated carbocycles. The average Bonchev–Trinajstić information content (AvgIpc) is 3.52. The monoisotopic (exact) mass is 710 g/mol. The van der Waals surface area contributed by atoms with E-state index in [1.165, 1.54) is 0 Å². The number of fused-ring (bicyclic) bond motifs is 3. The van der Waals surface area contributed by atoms with Crippen LogP contribution in [-0.4, -0.2) is 73.9 Å². The van der Waals surface area contributed by atoms with Crippen LogP contribution in [0.2, 0.25) is 18.6 Å². The van der Waals surface area contributed by atoms with E-state index in [-0.39, 0.29) is 43.2 Å². The lowest BCUT2D eigenvalue weighted by atomic mass is 9.82. The molecule has 1 spiro atoms. The van der Waals surface area contributed by atoms with Crippen molar-refractivity contribution in [1.82, 2.24) is 4.90 Å². The van der Waals surface area contributed by atoms with Crippen LogP contribution in [0.1, 0.15) is 48.4 Å². The topological polar surface area (TPSA) is 111 Å². The van der Waals surface area contributed by atoms with Crippen molar-refractivity contribution >= 4 is 49.1 Å². The second kappa shape index (κ2) is 12.4. The molecule has 3 aromatic carbocycles. The Labute approximate surface area is 297 Å². The summed E-state index contributed by atoms with van der Waals surface area (Å²) in [6.07, 6.45) is 0.451. The lowest BCUT2D eigenvalue weighted by Crippen LogP contribution is -2.48. The molecule has 1 N–H and O–H groups in total. The van der Waals surface area contributed by atoms with Crippen LogP contribution in [0.3, 0.4) is 0 Å². The van der Waals surface area contributed by atoms with Gasteiger partial charge in [-0.1, -0.05) is 43.3 Å². The van der Waals surface area contributed by atoms with E-state index in [1.54, 1.807) is 32.7 Å². The lowest BCUT2D eigenvalue weighted by Gasteiger charge is -2.37. The summed E-state index contributed by atoms with van der Waals surface area (Å²) in [6, 6.07) is 20.5. The number of carbonyl (C=O) groups is 4. The predicted molar refractivity (Wildman–Crippen MR) is 192 cm³/mol. The van der Waals surface area contributed by atoms with Crippen LogP contribution in [0.15, 0.2) is 66.7 Å². The highest BCUT2D eigenvalue weighted by Gasteiger charge is 2.67. The number of rotatable bonds is 8. The van der Waals surface area contributed by atoms with Gasteiger partial charge in [0.05, 0.1) is 37.4 Å². The van der Waals surface area contributed by atoms with E-state index in [2.05, 4.69) is 0 Å². The van der Waals surface area contributed by atoms with Gasteiger partial charge < -0.3 is 33.6 Å². The van der Waals surface area contributed by atoms with E-state index < -0.39 is 37.6 Å². The molecule has 0 radical (unpaired) electrons. The molecule has 3 aromatic rings. The first-order valence-electron chi connectivity index (χ1n) is 17.9. The van der Waals surface area contributed by atoms with Crippen LogP contribution in [0.4, 0.5) is 21.2 Å². The first kappa shape index (κ1) is 33.7. The molecule has 10 nitrogen and oxygen atoms in total. The summed E-state index contributed by atoms with van der Waals surface area (Å²) >= 11 is 0. The van der Waals surface area contributed by atoms with Gasteiger partial charge in [0.15, 0.2) is 5.60 Å². The lowest BCUT2D eigenvalue weighted by molar-refractivity contribution is -0.151. The summed E-state index contributed by atoms with van der Waals surface area (Å²) < 4.78 is 23.5. The van der Waals surface area contributed by atoms with Crippen molar-refractivity contribution < 1.29 is 33.1 Å². The van der Waals surface area contributed by atoms with Gasteiger partial charge in [0.2, 0.25) is 26.1 Å². The van der Waals surface area contributed by atoms with E-state index in [9.17, 15) is 19.5 Å². The molecule has 8 rings (SSSR count). The Balaban J connectivity index is 1.16. The van der Waals surface area contributed by atoms with E-state index >= 15 is 8.90 Å². The third-order valence-corrected chi connectivity index (χ3v) is 14.2. The molecule has 0 unspecified atom stereocenters. The largest absolute Gasteiger partial charge is 0.394 e. The van der Waals surface area contributed by atoms with Gasteiger partial charge in [-0.05, 0) is 66.5 Å². The number of nitrogens with zero attached hydrogens (tertiary/aromatic N) is 4. The molecular formula is C39H43FN4O6Si. The normalized spacial score (nSPS) is 27.1. The Bertz CT molecular complexity index is 1950. The van der Waals surface area contributed by atoms with E-state index in [1.807, 2.05) is 73.7 Å². The number of ether oxygens (including phenoxy) is 1. The Morgan fingerprint density at radius 3 is 2.25 bits per heavy atom. The van der Waals surface area contributed by atoms with Crippen molar-refractivity contribution in [3.63, 3.8) is 0 Å². The van der Waals surface area contributed by atoms with Gasteiger partial charge in [0, 0.05) is 60.9 Å². The second-order valence-electron chi connectivity index (χ2n) is 15.2. The third kappa shape index (κ3) is 5.41. The number of anilines is 3. The molecule has 5 aliphatic heterocycles. The van der Waals surface area contributed by atoms with Crippen molar-refractivity contribution in [3.05, 3.63) is 89.0 Å². The molecule has 5 aliphatic rings. The minimum Gasteiger partial charge on any atom is -0.394 e. The summed E-state index contributed by atoms with van der Waals surface area (Å²) in [7, 11) is -3.57. The fourth-order valence-corrected chi connectivity index (χ4v) is 11.6. The van der Waals surface area contributed by atoms with Crippen LogP contribution in [0.5, 0.6) is 0 Å². The zero-order valence-corrected chi connectivity index (χ0v) is 30.2. The van der Waals surface area contributed by atoms with Gasteiger partial charge in [-0.15, -0.1) is 0 Å². The number of aliphatic hydroxyl groups is 1. The number of benzene rings is 3. The van der Waals surface area contributed by atoms with Crippen molar-refractivity contribution in [3.8, 4) is 0 Å². The number of hydrogen-bond donors (Lipinski definition) is 1. The summed E-state index contributed by atoms with van der Waals surface area (Å²) in [6.45, 7) is 6.61. The van der Waals surface area contributed by atoms with Crippen molar-refractivity contribution in [1.29, 1.82) is 0 Å². The quantitative estimate of drug-likeness (QED) is 0.204. The Morgan fingerprint density at radius 2 is 1.63 bits per heavy atom. The van der Waals surface area contributed by atoms with Gasteiger partial charge in [0.25, 0.3) is 5.91 Å². The molecule has 3 saturated heterocycles. The second-order valence-corrected chi connectivity index (χ2v) is 19.0. The fraction of sp³-hybridized carbons (Fsp3) is 0.436. The predicted octanol–water partition coefficient (Wildman–Crippen LogP) is 4.82. The highest BCUT2D eigenvalue weighted by atomic mass is 28.4. The first-order chi connectivity index (χ1) is 24.4. The highest BCUT2D eigenvalue weighted by molar-refractivity contribution is 6.72. The van der Waals surface area contributed by atoms with Crippen molar-refractivity contribution in [2.24, 2.45) is 5.92 Å². The average molecular weight is 711 g/mol. The number of hydrogen-bond acceptors (Lipinski definition) is 6. The van der Waals surface area contributed by atoms with Crippen molar-refractivity contribution in [2.75, 3.05) is 34.4 Å². The van der Waals surface area contributed by atoms with Crippen molar-refractivity contribution in [2.45, 2.75) is 82.1 Å². The molecule has 3 fully saturated rings. The molecule has 0 aliphatic carbocycles. The Kier molecular flexibility index (Phi) is 8.19. The molecule has 0 aromatic heterocycles. The summed E-state index contributed by atoms with van der Waals surface area (Å²) in [5, 5.41) is 10.3. The maximum atomic E-state index is 16.6. The minimum absolute atomic E-state index is 0.0110. The van der Waals surface area contributed by atoms with Gasteiger partial charge in [-0.25, -0.2) is 0 Å². The number of halogens is 1. The zero-order chi connectivity index (χ0) is 35.8. The van der Waals surface area contributed by atoms with Crippen LogP contribution in [0, 0.1) is 5.92 Å². The molecule has 0 bridgehead atoms. The molecule has 4 amide bonds. The maximum absolute atomic E-state index is 16.6. The number of carbonyl (C=O) groups excluding carboxylic acids is 4. The van der Waals surface area contributed by atoms with Crippen LogP contribution < -0.4 is 14.7 Å². The molecule has 51 heavy (non-hydrogen) atoms. The molecule has 5 atom stereocenters. The molecule has 266 valence electrons. The maximum Gasteiger partial charge on any atom is 0.264 e. The van der Waals surface area contributed by atoms with Gasteiger partial charge in [0.1, 0.15) is 0 Å². The van der Waals surface area contributed by atoms with Gasteiger partial charge >= 0.3 is 0 Å². The zero-order valence-electron chi connectivity index (χ0n) is 29.2. The smallest absolute Gasteiger partial charge is 0.264 e. The first-order valence-corrected chi connectivity index (χ1v) is 20.9. The number of amides is 4. The van der Waals surface area contributed by atoms with E-state index in [4.69, 9.17) is 4.74 Å². The number of β-lactam (4-membered cyclic amide) rings is 2. The fourth-order valence-electron chi connectivity index (χ4n) is 9.07. The van der Waals surface area contributed by atoms with Crippen LogP contribution in [0.25, 0.3) is 0 Å². The molecule has 12 heteroatoms. The third-order valence-electron chi connectivity index (χ3n) is 11.8. The van der Waals surface area contributed by atoms with E-state index in [0.29, 0.717) is 55.8 Å². The Morgan fingerprint density at radius 1 is 0.941 bits per heavy atom. The standard InChI is InChI=1S/C39H43FN4O6Si/c1-24-37(51(2,3)40)33(20-36(48)43-22-27-9-5-4-8-26(27)18-30(43)23-45)50-39(24)31-19-29(42-16-14-35(42)47)11-12-32(31)44(38(39)49)21-25-7-6-10-28(17-25)41-15-13-34(41)46/h4-12,17,19,24,30,33,37,45H,13-16,18,20-23H2,1-3H3/t24-,30-,33+,37-,39+/m0/s1. The van der Waals surface area contributed by atoms with E-state index in [0.717, 1.165) is 22.4 Å². The van der Waals surface area contributed by atoms with Gasteiger partial charge in [-0.2, -0.15) is 0 Å². The molecular weight excluding hydrogens is 668 g/mol. The van der Waals surface area contributed by atoms with Crippen LogP contribution >= 0.6 is 0 Å². The Hall–Kier alpha value is -4.39. The highest BCUT2D eigenvalue weighted by Crippen LogP contribution is 2.61. The SMILES string of the molecule is C[C@H]1[C@H]([Si](C)(C)F)[C@@H](CC(=O)N2Cc3ccccc3C[C@H]2CO)O[C@]12C(=O)N(Cc1cccc(N3CCC3=O)c1)c1ccc(N3CCC3=O)cc12. The van der Waals surface area contributed by atoms with Crippen LogP contribution in [-0.2, 0) is 49.0 Å². The minimum atomic E-state index is -3.57. The number of aliphatic hydroxyl groups excluding tert-OH is 1. The summed E-state index contributed by atoms with van der Waals surface area (Å²) in [5.74, 6) is -1.16. The van der Waals surface area contributed by atoms with Gasteiger partial charge in [-0.3, -0.25) is 19.2 Å².